The fraction of sp³-hybridized carbons (Fsp3) is 0.333. The van der Waals surface area contributed by atoms with E-state index >= 15 is 8.78 Å². The highest BCUT2D eigenvalue weighted by atomic mass is 19.4. The largest absolute Gasteiger partial charge is 0.458 e. The van der Waals surface area contributed by atoms with Gasteiger partial charge >= 0.3 is 6.18 Å². The van der Waals surface area contributed by atoms with Crippen molar-refractivity contribution in [2.24, 2.45) is 5.41 Å². The minimum absolute atomic E-state index is 0.00517. The molecule has 2 bridgehead atoms. The topological polar surface area (TPSA) is 27.7 Å². The summed E-state index contributed by atoms with van der Waals surface area (Å²) in [6, 6.07) is 6.51. The number of fused-ring (bicyclic) bond motifs is 4. The van der Waals surface area contributed by atoms with E-state index in [0.29, 0.717) is 25.4 Å². The minimum Gasteiger partial charge on any atom is -0.327 e. The number of rotatable bonds is 4. The lowest BCUT2D eigenvalue weighted by Crippen LogP contribution is -2.59. The van der Waals surface area contributed by atoms with Crippen LogP contribution in [0.3, 0.4) is 0 Å². The quantitative estimate of drug-likeness (QED) is 0.283. The molecule has 3 aromatic carbocycles. The van der Waals surface area contributed by atoms with Crippen molar-refractivity contribution in [1.82, 2.24) is 0 Å². The Balaban J connectivity index is 1.41. The summed E-state index contributed by atoms with van der Waals surface area (Å²) in [6.45, 7) is 3.33. The molecule has 10 heteroatoms. The van der Waals surface area contributed by atoms with Gasteiger partial charge in [-0.15, -0.1) is 0 Å². The number of alkyl halides is 3. The molecule has 194 valence electrons. The minimum atomic E-state index is -4.93. The van der Waals surface area contributed by atoms with Crippen LogP contribution >= 0.6 is 0 Å². The van der Waals surface area contributed by atoms with Gasteiger partial charge in [0.05, 0.1) is 30.9 Å². The Morgan fingerprint density at radius 1 is 0.865 bits per heavy atom. The molecular weight excluding hydrogens is 505 g/mol. The van der Waals surface area contributed by atoms with E-state index in [1.807, 2.05) is 6.92 Å². The average Bonchev–Trinajstić information content (AvgIpc) is 2.82. The lowest BCUT2D eigenvalue weighted by Gasteiger charge is -2.50. The molecule has 37 heavy (non-hydrogen) atoms. The SMILES string of the molecule is CC12COC(CCc3cc(F)c(-c4ccc5c(F)c(C#CC(F)(F)F)c(F)cc5c4)c(F)c3)(OC1)OC2. The van der Waals surface area contributed by atoms with Gasteiger partial charge in [-0.2, -0.15) is 13.2 Å². The van der Waals surface area contributed by atoms with Gasteiger partial charge in [0.2, 0.25) is 0 Å². The van der Waals surface area contributed by atoms with Crippen molar-refractivity contribution in [3.63, 3.8) is 0 Å². The van der Waals surface area contributed by atoms with Crippen LogP contribution in [0, 0.1) is 40.5 Å². The highest BCUT2D eigenvalue weighted by molar-refractivity contribution is 5.89. The van der Waals surface area contributed by atoms with Gasteiger partial charge in [-0.1, -0.05) is 25.0 Å². The van der Waals surface area contributed by atoms with Gasteiger partial charge in [0.15, 0.2) is 0 Å². The number of ether oxygens (including phenoxy) is 3. The summed E-state index contributed by atoms with van der Waals surface area (Å²) in [5, 5.41) is -0.343. The molecule has 0 saturated carbocycles. The van der Waals surface area contributed by atoms with E-state index in [-0.39, 0.29) is 34.6 Å². The molecule has 0 aliphatic carbocycles. The first-order chi connectivity index (χ1) is 17.4. The van der Waals surface area contributed by atoms with Crippen molar-refractivity contribution < 1.29 is 44.9 Å². The second kappa shape index (κ2) is 9.01. The summed E-state index contributed by atoms with van der Waals surface area (Å²) < 4.78 is 113. The Morgan fingerprint density at radius 3 is 2.08 bits per heavy atom. The van der Waals surface area contributed by atoms with Gasteiger partial charge in [-0.25, -0.2) is 17.6 Å². The van der Waals surface area contributed by atoms with E-state index in [4.69, 9.17) is 14.2 Å². The summed E-state index contributed by atoms with van der Waals surface area (Å²) in [4.78, 5) is 0. The molecule has 3 heterocycles. The fourth-order valence-electron chi connectivity index (χ4n) is 4.40. The van der Waals surface area contributed by atoms with Crippen LogP contribution < -0.4 is 0 Å². The first kappa shape index (κ1) is 25.5. The molecule has 0 N–H and O–H groups in total. The molecule has 0 amide bonds. The second-order valence-electron chi connectivity index (χ2n) is 9.53. The number of benzene rings is 3. The first-order valence-corrected chi connectivity index (χ1v) is 11.3. The Kier molecular flexibility index (Phi) is 6.21. The van der Waals surface area contributed by atoms with Crippen molar-refractivity contribution in [2.75, 3.05) is 19.8 Å². The third kappa shape index (κ3) is 5.04. The molecule has 0 spiro atoms. The molecule has 3 aliphatic heterocycles. The van der Waals surface area contributed by atoms with Crippen molar-refractivity contribution >= 4 is 10.8 Å². The lowest BCUT2D eigenvalue weighted by atomic mass is 9.91. The zero-order chi connectivity index (χ0) is 26.6. The summed E-state index contributed by atoms with van der Waals surface area (Å²) >= 11 is 0. The molecule has 3 aromatic rings. The van der Waals surface area contributed by atoms with Crippen LogP contribution in [0.15, 0.2) is 36.4 Å². The fourth-order valence-corrected chi connectivity index (χ4v) is 4.40. The van der Waals surface area contributed by atoms with E-state index in [9.17, 15) is 22.0 Å². The van der Waals surface area contributed by atoms with Gasteiger partial charge in [-0.05, 0) is 47.2 Å². The number of halogens is 7. The molecular formula is C27H19F7O3. The van der Waals surface area contributed by atoms with Gasteiger partial charge < -0.3 is 14.2 Å². The van der Waals surface area contributed by atoms with E-state index in [1.54, 1.807) is 0 Å². The first-order valence-electron chi connectivity index (χ1n) is 11.3. The van der Waals surface area contributed by atoms with Crippen molar-refractivity contribution in [3.05, 3.63) is 70.8 Å². The summed E-state index contributed by atoms with van der Waals surface area (Å²) in [7, 11) is 0. The normalized spacial score (nSPS) is 23.2. The van der Waals surface area contributed by atoms with Gasteiger partial charge in [0.1, 0.15) is 23.3 Å². The van der Waals surface area contributed by atoms with Crippen LogP contribution in [0.1, 0.15) is 24.5 Å². The van der Waals surface area contributed by atoms with Crippen LogP contribution in [0.2, 0.25) is 0 Å². The molecule has 3 aliphatic rings. The number of hydrogen-bond donors (Lipinski definition) is 0. The Morgan fingerprint density at radius 2 is 1.49 bits per heavy atom. The summed E-state index contributed by atoms with van der Waals surface area (Å²) in [6.07, 6.45) is -4.52. The third-order valence-electron chi connectivity index (χ3n) is 6.39. The van der Waals surface area contributed by atoms with E-state index in [0.717, 1.165) is 36.3 Å². The zero-order valence-electron chi connectivity index (χ0n) is 19.4. The van der Waals surface area contributed by atoms with Gasteiger partial charge in [0.25, 0.3) is 5.97 Å². The smallest absolute Gasteiger partial charge is 0.327 e. The molecule has 6 rings (SSSR count). The third-order valence-corrected chi connectivity index (χ3v) is 6.39. The van der Waals surface area contributed by atoms with Crippen molar-refractivity contribution in [3.8, 4) is 23.0 Å². The second-order valence-corrected chi connectivity index (χ2v) is 9.53. The Bertz CT molecular complexity index is 1400. The van der Waals surface area contributed by atoms with Crippen LogP contribution in [0.5, 0.6) is 0 Å². The number of aryl methyl sites for hydroxylation is 1. The van der Waals surface area contributed by atoms with E-state index in [1.165, 1.54) is 12.0 Å². The predicted octanol–water partition coefficient (Wildman–Crippen LogP) is 6.65. The maximum atomic E-state index is 15.0. The molecule has 0 aromatic heterocycles. The highest BCUT2D eigenvalue weighted by Crippen LogP contribution is 2.40. The van der Waals surface area contributed by atoms with Gasteiger partial charge in [0, 0.05) is 23.1 Å². The highest BCUT2D eigenvalue weighted by Gasteiger charge is 2.50. The van der Waals surface area contributed by atoms with Crippen LogP contribution in [-0.4, -0.2) is 32.0 Å². The molecule has 0 radical (unpaired) electrons. The summed E-state index contributed by atoms with van der Waals surface area (Å²) in [5.41, 5.74) is -1.36. The lowest BCUT2D eigenvalue weighted by molar-refractivity contribution is -0.467. The molecule has 3 fully saturated rings. The van der Waals surface area contributed by atoms with Crippen LogP contribution in [-0.2, 0) is 20.6 Å². The van der Waals surface area contributed by atoms with E-state index < -0.39 is 46.5 Å². The Labute approximate surface area is 207 Å². The van der Waals surface area contributed by atoms with Crippen molar-refractivity contribution in [2.45, 2.75) is 31.9 Å². The number of hydrogen-bond acceptors (Lipinski definition) is 3. The van der Waals surface area contributed by atoms with E-state index in [2.05, 4.69) is 0 Å². The van der Waals surface area contributed by atoms with Crippen LogP contribution in [0.4, 0.5) is 30.7 Å². The van der Waals surface area contributed by atoms with Gasteiger partial charge in [-0.3, -0.25) is 0 Å². The maximum absolute atomic E-state index is 15.0. The monoisotopic (exact) mass is 524 g/mol. The average molecular weight is 524 g/mol. The maximum Gasteiger partial charge on any atom is 0.458 e. The Hall–Kier alpha value is -3.13. The standard InChI is InChI=1S/C27H19F7O3/c1-25-12-35-27(36-13-25,37-14-25)7-4-15-8-21(29)23(22(30)9-15)16-2-3-18-17(10-16)11-20(28)19(24(18)31)5-6-26(32,33)34/h2-3,8-11H,4,7,12-14H2,1H3. The summed E-state index contributed by atoms with van der Waals surface area (Å²) in [5.74, 6) is -3.39. The molecule has 3 saturated heterocycles. The molecule has 0 atom stereocenters. The predicted molar refractivity (Wildman–Crippen MR) is 119 cm³/mol. The molecule has 0 unspecified atom stereocenters. The van der Waals surface area contributed by atoms with Crippen LogP contribution in [0.25, 0.3) is 21.9 Å². The molecule has 3 nitrogen and oxygen atoms in total. The zero-order valence-corrected chi connectivity index (χ0v) is 19.4. The van der Waals surface area contributed by atoms with Crippen molar-refractivity contribution in [1.29, 1.82) is 0 Å².